The van der Waals surface area contributed by atoms with E-state index in [9.17, 15) is 24.3 Å². The molecule has 1 heterocycles. The van der Waals surface area contributed by atoms with Gasteiger partial charge < -0.3 is 24.1 Å². The monoisotopic (exact) mass is 504 g/mol. The van der Waals surface area contributed by atoms with Gasteiger partial charge in [0.2, 0.25) is 11.9 Å². The van der Waals surface area contributed by atoms with Crippen molar-refractivity contribution >= 4 is 23.7 Å². The maximum Gasteiger partial charge on any atom is 0.338 e. The molecule has 9 heteroatoms. The van der Waals surface area contributed by atoms with Gasteiger partial charge >= 0.3 is 17.9 Å². The maximum absolute atomic E-state index is 13.1. The summed E-state index contributed by atoms with van der Waals surface area (Å²) in [5.41, 5.74) is 0.632. The zero-order chi connectivity index (χ0) is 26.2. The smallest absolute Gasteiger partial charge is 0.338 e. The van der Waals surface area contributed by atoms with Crippen LogP contribution in [0.4, 0.5) is 0 Å². The molecule has 1 saturated heterocycles. The van der Waals surface area contributed by atoms with Crippen molar-refractivity contribution in [1.29, 1.82) is 0 Å². The number of hydrogen-bond donors (Lipinski definition) is 1. The van der Waals surface area contributed by atoms with E-state index in [1.807, 2.05) is 0 Å². The van der Waals surface area contributed by atoms with Gasteiger partial charge in [0.1, 0.15) is 18.8 Å². The van der Waals surface area contributed by atoms with Crippen molar-refractivity contribution in [2.24, 2.45) is 0 Å². The number of carbonyl (C=O) groups excluding carboxylic acids is 4. The molecule has 4 rings (SSSR count). The fourth-order valence-corrected chi connectivity index (χ4v) is 3.76. The minimum absolute atomic E-state index is 0.169. The highest BCUT2D eigenvalue weighted by atomic mass is 16.6. The van der Waals surface area contributed by atoms with Crippen LogP contribution >= 0.6 is 0 Å². The number of esters is 3. The van der Waals surface area contributed by atoms with Crippen LogP contribution in [-0.4, -0.2) is 66.4 Å². The van der Waals surface area contributed by atoms with Gasteiger partial charge in [-0.2, -0.15) is 0 Å². The van der Waals surface area contributed by atoms with E-state index in [4.69, 9.17) is 18.9 Å². The van der Waals surface area contributed by atoms with Crippen molar-refractivity contribution in [3.8, 4) is 0 Å². The minimum Gasteiger partial charge on any atom is -0.459 e. The predicted molar refractivity (Wildman–Crippen MR) is 129 cm³/mol. The number of aliphatic hydroxyl groups is 1. The van der Waals surface area contributed by atoms with Gasteiger partial charge in [-0.1, -0.05) is 54.6 Å². The van der Waals surface area contributed by atoms with E-state index >= 15 is 0 Å². The summed E-state index contributed by atoms with van der Waals surface area (Å²) in [5.74, 6) is -3.10. The van der Waals surface area contributed by atoms with Crippen molar-refractivity contribution in [3.05, 3.63) is 108 Å². The summed E-state index contributed by atoms with van der Waals surface area (Å²) in [6.45, 7) is -1.16. The number of aliphatic hydroxyl groups excluding tert-OH is 1. The predicted octanol–water partition coefficient (Wildman–Crippen LogP) is 2.62. The summed E-state index contributed by atoms with van der Waals surface area (Å²) >= 11 is 0. The highest BCUT2D eigenvalue weighted by Gasteiger charge is 2.50. The molecular formula is C28H24O9. The Kier molecular flexibility index (Phi) is 8.40. The highest BCUT2D eigenvalue weighted by Crippen LogP contribution is 2.26. The van der Waals surface area contributed by atoms with E-state index in [1.54, 1.807) is 66.7 Å². The molecule has 1 N–H and O–H groups in total. The normalized spacial score (nSPS) is 21.1. The Bertz CT molecular complexity index is 1230. The van der Waals surface area contributed by atoms with Crippen LogP contribution in [-0.2, 0) is 23.7 Å². The van der Waals surface area contributed by atoms with Crippen molar-refractivity contribution < 1.29 is 43.2 Å². The molecule has 0 unspecified atom stereocenters. The Hall–Kier alpha value is -4.34. The summed E-state index contributed by atoms with van der Waals surface area (Å²) < 4.78 is 22.1. The van der Waals surface area contributed by atoms with Crippen LogP contribution in [0.2, 0.25) is 0 Å². The molecule has 0 bridgehead atoms. The highest BCUT2D eigenvalue weighted by molar-refractivity contribution is 5.96. The minimum atomic E-state index is -1.62. The topological polar surface area (TPSA) is 125 Å². The summed E-state index contributed by atoms with van der Waals surface area (Å²) in [7, 11) is 0. The fraction of sp³-hybridized carbons (Fsp3) is 0.214. The van der Waals surface area contributed by atoms with Gasteiger partial charge in [0.25, 0.3) is 0 Å². The van der Waals surface area contributed by atoms with Crippen LogP contribution in [0.15, 0.2) is 91.0 Å². The summed E-state index contributed by atoms with van der Waals surface area (Å²) in [6, 6.07) is 24.1. The van der Waals surface area contributed by atoms with Crippen LogP contribution < -0.4 is 0 Å². The number of hydrogen-bond acceptors (Lipinski definition) is 9. The molecule has 3 aromatic rings. The van der Waals surface area contributed by atoms with Crippen LogP contribution in [0, 0.1) is 0 Å². The molecule has 4 atom stereocenters. The Morgan fingerprint density at radius 3 is 1.65 bits per heavy atom. The van der Waals surface area contributed by atoms with Crippen LogP contribution in [0.5, 0.6) is 0 Å². The fourth-order valence-electron chi connectivity index (χ4n) is 3.76. The molecule has 0 aromatic heterocycles. The first-order valence-corrected chi connectivity index (χ1v) is 11.5. The molecule has 190 valence electrons. The molecule has 0 radical (unpaired) electrons. The molecular weight excluding hydrogens is 480 g/mol. The number of ether oxygens (including phenoxy) is 4. The lowest BCUT2D eigenvalue weighted by Gasteiger charge is -2.38. The molecule has 0 saturated carbocycles. The Morgan fingerprint density at radius 1 is 0.703 bits per heavy atom. The second-order valence-electron chi connectivity index (χ2n) is 8.14. The number of carbonyl (C=O) groups is 4. The lowest BCUT2D eigenvalue weighted by atomic mass is 9.96. The van der Waals surface area contributed by atoms with Gasteiger partial charge in [0, 0.05) is 0 Å². The van der Waals surface area contributed by atoms with E-state index in [2.05, 4.69) is 0 Å². The van der Waals surface area contributed by atoms with Crippen molar-refractivity contribution in [3.63, 3.8) is 0 Å². The van der Waals surface area contributed by atoms with E-state index in [1.165, 1.54) is 24.3 Å². The first-order valence-electron chi connectivity index (χ1n) is 11.5. The van der Waals surface area contributed by atoms with E-state index < -0.39 is 61.3 Å². The molecule has 37 heavy (non-hydrogen) atoms. The third kappa shape index (κ3) is 6.27. The van der Waals surface area contributed by atoms with Crippen LogP contribution in [0.25, 0.3) is 0 Å². The van der Waals surface area contributed by atoms with E-state index in [0.29, 0.717) is 0 Å². The number of rotatable bonds is 8. The van der Waals surface area contributed by atoms with Crippen LogP contribution in [0.3, 0.4) is 0 Å². The first kappa shape index (κ1) is 25.7. The summed E-state index contributed by atoms with van der Waals surface area (Å²) in [6.07, 6.45) is -5.68. The molecule has 3 aromatic carbocycles. The number of ketones is 1. The molecule has 1 aliphatic rings. The molecule has 0 aliphatic carbocycles. The SMILES string of the molecule is O=C(OC[C@H]1O[C@H](CO)C(=O)[C@@H](OC(=O)c2ccccc2)[C@@H]1OC(=O)c1ccccc1)c1ccccc1. The Labute approximate surface area is 212 Å². The first-order chi connectivity index (χ1) is 18.0. The van der Waals surface area contributed by atoms with E-state index in [-0.39, 0.29) is 16.7 Å². The standard InChI is InChI=1S/C28H24O9/c29-16-21-23(30)25(37-28(33)20-14-8-3-9-15-20)24(36-27(32)19-12-6-2-7-13-19)22(35-21)17-34-26(31)18-10-4-1-5-11-18/h1-15,21-22,24-25,29H,16-17H2/t21-,22-,24-,25-/m1/s1. The third-order valence-electron chi connectivity index (χ3n) is 5.65. The van der Waals surface area contributed by atoms with Gasteiger partial charge in [-0.3, -0.25) is 4.79 Å². The van der Waals surface area contributed by atoms with Crippen LogP contribution in [0.1, 0.15) is 31.1 Å². The third-order valence-corrected chi connectivity index (χ3v) is 5.65. The Morgan fingerprint density at radius 2 is 1.16 bits per heavy atom. The second kappa shape index (κ2) is 12.1. The second-order valence-corrected chi connectivity index (χ2v) is 8.14. The zero-order valence-electron chi connectivity index (χ0n) is 19.6. The molecule has 1 fully saturated rings. The van der Waals surface area contributed by atoms with Gasteiger partial charge in [-0.05, 0) is 36.4 Å². The zero-order valence-corrected chi connectivity index (χ0v) is 19.6. The lowest BCUT2D eigenvalue weighted by molar-refractivity contribution is -0.193. The van der Waals surface area contributed by atoms with Gasteiger partial charge in [0.15, 0.2) is 6.10 Å². The lowest BCUT2D eigenvalue weighted by Crippen LogP contribution is -2.60. The average Bonchev–Trinajstić information content (AvgIpc) is 2.95. The average molecular weight is 504 g/mol. The molecule has 0 spiro atoms. The molecule has 1 aliphatic heterocycles. The molecule has 9 nitrogen and oxygen atoms in total. The van der Waals surface area contributed by atoms with Crippen molar-refractivity contribution in [1.82, 2.24) is 0 Å². The van der Waals surface area contributed by atoms with Crippen molar-refractivity contribution in [2.45, 2.75) is 24.4 Å². The maximum atomic E-state index is 13.1. The summed E-state index contributed by atoms with van der Waals surface area (Å²) in [5, 5.41) is 9.75. The molecule has 0 amide bonds. The number of Topliss-reactive ketones (excluding diaryl/α,β-unsaturated/α-hetero) is 1. The quantitative estimate of drug-likeness (QED) is 0.364. The van der Waals surface area contributed by atoms with Gasteiger partial charge in [0.05, 0.1) is 23.3 Å². The van der Waals surface area contributed by atoms with E-state index in [0.717, 1.165) is 0 Å². The summed E-state index contributed by atoms with van der Waals surface area (Å²) in [4.78, 5) is 51.3. The number of benzene rings is 3. The Balaban J connectivity index is 1.61. The van der Waals surface area contributed by atoms with Gasteiger partial charge in [-0.15, -0.1) is 0 Å². The van der Waals surface area contributed by atoms with Crippen molar-refractivity contribution in [2.75, 3.05) is 13.2 Å². The largest absolute Gasteiger partial charge is 0.459 e. The van der Waals surface area contributed by atoms with Gasteiger partial charge in [-0.25, -0.2) is 14.4 Å².